The monoisotopic (exact) mass is 357 g/mol. The minimum Gasteiger partial charge on any atom is -0.478 e. The molecule has 1 aliphatic heterocycles. The molecule has 0 spiro atoms. The highest BCUT2D eigenvalue weighted by molar-refractivity contribution is 5.97. The Hall–Kier alpha value is -2.73. The van der Waals surface area contributed by atoms with E-state index in [0.717, 1.165) is 5.56 Å². The zero-order chi connectivity index (χ0) is 18.6. The highest BCUT2D eigenvalue weighted by Gasteiger charge is 2.35. The number of carboxylic acids is 1. The molecule has 0 radical (unpaired) electrons. The van der Waals surface area contributed by atoms with Gasteiger partial charge >= 0.3 is 5.97 Å². The first-order valence-corrected chi connectivity index (χ1v) is 8.46. The fraction of sp³-hybridized carbons (Fsp3) is 0.300. The smallest absolute Gasteiger partial charge is 0.335 e. The van der Waals surface area contributed by atoms with Crippen LogP contribution in [0.4, 0.5) is 4.39 Å². The fourth-order valence-corrected chi connectivity index (χ4v) is 3.29. The Morgan fingerprint density at radius 2 is 1.77 bits per heavy atom. The number of nitrogens with one attached hydrogen (secondary N) is 1. The van der Waals surface area contributed by atoms with Crippen LogP contribution >= 0.6 is 0 Å². The maximum Gasteiger partial charge on any atom is 0.335 e. The van der Waals surface area contributed by atoms with Crippen LogP contribution in [0, 0.1) is 5.82 Å². The van der Waals surface area contributed by atoms with Gasteiger partial charge in [-0.1, -0.05) is 18.2 Å². The van der Waals surface area contributed by atoms with Gasteiger partial charge in [-0.25, -0.2) is 9.18 Å². The summed E-state index contributed by atoms with van der Waals surface area (Å²) < 4.78 is 19.1. The van der Waals surface area contributed by atoms with Crippen LogP contribution in [0.2, 0.25) is 0 Å². The summed E-state index contributed by atoms with van der Waals surface area (Å²) in [5.74, 6) is -1.75. The van der Waals surface area contributed by atoms with E-state index in [0.29, 0.717) is 32.6 Å². The number of benzene rings is 2. The number of rotatable bonds is 5. The van der Waals surface area contributed by atoms with Crippen LogP contribution in [0.15, 0.2) is 48.5 Å². The third-order valence-electron chi connectivity index (χ3n) is 4.85. The van der Waals surface area contributed by atoms with Crippen molar-refractivity contribution in [1.29, 1.82) is 0 Å². The third-order valence-corrected chi connectivity index (χ3v) is 4.85. The van der Waals surface area contributed by atoms with E-state index >= 15 is 0 Å². The van der Waals surface area contributed by atoms with Crippen molar-refractivity contribution in [2.45, 2.75) is 18.3 Å². The Kier molecular flexibility index (Phi) is 5.32. The first kappa shape index (κ1) is 18.1. The number of hydrogen-bond donors (Lipinski definition) is 2. The largest absolute Gasteiger partial charge is 0.478 e. The normalized spacial score (nSPS) is 16.0. The maximum absolute atomic E-state index is 13.7. The Labute approximate surface area is 150 Å². The number of ether oxygens (including phenoxy) is 1. The van der Waals surface area contributed by atoms with Gasteiger partial charge in [0.15, 0.2) is 0 Å². The Morgan fingerprint density at radius 1 is 1.08 bits per heavy atom. The summed E-state index contributed by atoms with van der Waals surface area (Å²) in [6.07, 6.45) is 1.35. The van der Waals surface area contributed by atoms with Gasteiger partial charge in [-0.3, -0.25) is 4.79 Å². The zero-order valence-corrected chi connectivity index (χ0v) is 14.2. The van der Waals surface area contributed by atoms with Crippen molar-refractivity contribution < 1.29 is 23.8 Å². The van der Waals surface area contributed by atoms with E-state index in [1.807, 2.05) is 6.07 Å². The van der Waals surface area contributed by atoms with Gasteiger partial charge in [0.2, 0.25) is 0 Å². The van der Waals surface area contributed by atoms with Crippen molar-refractivity contribution in [3.63, 3.8) is 0 Å². The highest BCUT2D eigenvalue weighted by atomic mass is 19.1. The molecule has 1 amide bonds. The number of hydrogen-bond acceptors (Lipinski definition) is 3. The summed E-state index contributed by atoms with van der Waals surface area (Å²) in [7, 11) is 0. The number of carbonyl (C=O) groups excluding carboxylic acids is 1. The van der Waals surface area contributed by atoms with Gasteiger partial charge in [0.1, 0.15) is 5.82 Å². The molecule has 1 heterocycles. The van der Waals surface area contributed by atoms with E-state index in [4.69, 9.17) is 9.84 Å². The molecule has 2 aromatic carbocycles. The summed E-state index contributed by atoms with van der Waals surface area (Å²) in [4.78, 5) is 23.6. The van der Waals surface area contributed by atoms with E-state index in [1.54, 1.807) is 12.1 Å². The molecule has 0 unspecified atom stereocenters. The lowest BCUT2D eigenvalue weighted by molar-refractivity contribution is 0.0486. The summed E-state index contributed by atoms with van der Waals surface area (Å²) in [6, 6.07) is 12.3. The quantitative estimate of drug-likeness (QED) is 0.863. The molecule has 136 valence electrons. The van der Waals surface area contributed by atoms with Gasteiger partial charge in [0.25, 0.3) is 5.91 Å². The Balaban J connectivity index is 1.79. The average Bonchev–Trinajstić information content (AvgIpc) is 2.67. The summed E-state index contributed by atoms with van der Waals surface area (Å²) in [5.41, 5.74) is 0.774. The lowest BCUT2D eigenvalue weighted by Crippen LogP contribution is -2.44. The molecule has 6 heteroatoms. The molecule has 1 aliphatic rings. The van der Waals surface area contributed by atoms with Crippen LogP contribution in [-0.4, -0.2) is 36.7 Å². The van der Waals surface area contributed by atoms with Crippen LogP contribution < -0.4 is 5.32 Å². The van der Waals surface area contributed by atoms with Crippen LogP contribution in [0.5, 0.6) is 0 Å². The van der Waals surface area contributed by atoms with Crippen LogP contribution in [0.1, 0.15) is 39.1 Å². The molecule has 2 N–H and O–H groups in total. The Morgan fingerprint density at radius 3 is 2.46 bits per heavy atom. The predicted molar refractivity (Wildman–Crippen MR) is 93.9 cm³/mol. The van der Waals surface area contributed by atoms with E-state index in [9.17, 15) is 14.0 Å². The van der Waals surface area contributed by atoms with Crippen molar-refractivity contribution in [3.8, 4) is 0 Å². The minimum atomic E-state index is -1.08. The van der Waals surface area contributed by atoms with Gasteiger partial charge in [0, 0.05) is 30.7 Å². The molecule has 5 nitrogen and oxygen atoms in total. The summed E-state index contributed by atoms with van der Waals surface area (Å²) in [5, 5.41) is 11.9. The van der Waals surface area contributed by atoms with Gasteiger partial charge in [-0.15, -0.1) is 0 Å². The van der Waals surface area contributed by atoms with E-state index < -0.39 is 11.4 Å². The average molecular weight is 357 g/mol. The summed E-state index contributed by atoms with van der Waals surface area (Å²) in [6.45, 7) is 1.41. The third kappa shape index (κ3) is 3.91. The molecular weight excluding hydrogens is 337 g/mol. The maximum atomic E-state index is 13.7. The Bertz CT molecular complexity index is 815. The molecule has 0 atom stereocenters. The van der Waals surface area contributed by atoms with Gasteiger partial charge < -0.3 is 15.2 Å². The van der Waals surface area contributed by atoms with E-state index in [1.165, 1.54) is 30.3 Å². The second-order valence-corrected chi connectivity index (χ2v) is 6.47. The van der Waals surface area contributed by atoms with Gasteiger partial charge in [-0.2, -0.15) is 0 Å². The molecule has 0 saturated carbocycles. The molecule has 26 heavy (non-hydrogen) atoms. The highest BCUT2D eigenvalue weighted by Crippen LogP contribution is 2.34. The first-order valence-electron chi connectivity index (χ1n) is 8.46. The number of amides is 1. The number of aromatic carboxylic acids is 1. The minimum absolute atomic E-state index is 0.0589. The van der Waals surface area contributed by atoms with Crippen LogP contribution in [0.25, 0.3) is 0 Å². The van der Waals surface area contributed by atoms with E-state index in [-0.39, 0.29) is 22.9 Å². The molecule has 2 aromatic rings. The second-order valence-electron chi connectivity index (χ2n) is 6.47. The summed E-state index contributed by atoms with van der Waals surface area (Å²) >= 11 is 0. The molecule has 1 fully saturated rings. The number of carbonyl (C=O) groups is 2. The van der Waals surface area contributed by atoms with Crippen molar-refractivity contribution in [3.05, 3.63) is 71.0 Å². The van der Waals surface area contributed by atoms with Crippen molar-refractivity contribution in [2.75, 3.05) is 19.8 Å². The zero-order valence-electron chi connectivity index (χ0n) is 14.2. The number of carboxylic acid groups (broad SMARTS) is 1. The van der Waals surface area contributed by atoms with Crippen LogP contribution in [0.3, 0.4) is 0 Å². The molecule has 0 bridgehead atoms. The number of halogens is 1. The lowest BCUT2D eigenvalue weighted by atomic mass is 9.74. The van der Waals surface area contributed by atoms with Crippen molar-refractivity contribution in [2.24, 2.45) is 0 Å². The fourth-order valence-electron chi connectivity index (χ4n) is 3.29. The topological polar surface area (TPSA) is 75.6 Å². The van der Waals surface area contributed by atoms with Gasteiger partial charge in [-0.05, 0) is 48.7 Å². The molecule has 1 saturated heterocycles. The van der Waals surface area contributed by atoms with Crippen molar-refractivity contribution in [1.82, 2.24) is 5.32 Å². The van der Waals surface area contributed by atoms with Gasteiger partial charge in [0.05, 0.1) is 5.56 Å². The van der Waals surface area contributed by atoms with E-state index in [2.05, 4.69) is 5.32 Å². The molecule has 0 aromatic heterocycles. The SMILES string of the molecule is O=C(O)c1cccc(C(=O)NCC2(c3cccc(F)c3)CCOCC2)c1. The first-order chi connectivity index (χ1) is 12.5. The second kappa shape index (κ2) is 7.66. The molecule has 0 aliphatic carbocycles. The lowest BCUT2D eigenvalue weighted by Gasteiger charge is -2.38. The van der Waals surface area contributed by atoms with Crippen molar-refractivity contribution >= 4 is 11.9 Å². The standard InChI is InChI=1S/C20H20FNO4/c21-17-6-2-5-16(12-17)20(7-9-26-10-8-20)13-22-18(23)14-3-1-4-15(11-14)19(24)25/h1-6,11-12H,7-10,13H2,(H,22,23)(H,24,25). The van der Waals surface area contributed by atoms with Crippen LogP contribution in [-0.2, 0) is 10.2 Å². The molecule has 3 rings (SSSR count). The predicted octanol–water partition coefficient (Wildman–Crippen LogP) is 3.00. The molecular formula is C20H20FNO4.